The van der Waals surface area contributed by atoms with Crippen LogP contribution in [-0.4, -0.2) is 36.8 Å². The Labute approximate surface area is 104 Å². The number of methoxy groups -OCH3 is 1. The Morgan fingerprint density at radius 2 is 2.00 bits per heavy atom. The Hall–Kier alpha value is -1.91. The van der Waals surface area contributed by atoms with Gasteiger partial charge in [-0.05, 0) is 18.2 Å². The molecule has 0 aromatic heterocycles. The maximum atomic E-state index is 13.2. The quantitative estimate of drug-likeness (QED) is 0.802. The summed E-state index contributed by atoms with van der Waals surface area (Å²) in [4.78, 5) is 24.8. The van der Waals surface area contributed by atoms with Gasteiger partial charge in [0.2, 0.25) is 0 Å². The van der Waals surface area contributed by atoms with Crippen LogP contribution < -0.4 is 4.74 Å². The number of carbonyl (C=O) groups excluding carboxylic acids is 2. The van der Waals surface area contributed by atoms with Gasteiger partial charge in [-0.25, -0.2) is 4.39 Å². The van der Waals surface area contributed by atoms with Crippen molar-refractivity contribution in [1.29, 1.82) is 0 Å². The van der Waals surface area contributed by atoms with E-state index in [0.717, 1.165) is 0 Å². The smallest absolute Gasteiger partial charge is 0.254 e. The molecule has 1 saturated heterocycles. The molecule has 1 aliphatic heterocycles. The van der Waals surface area contributed by atoms with Gasteiger partial charge in [-0.1, -0.05) is 0 Å². The number of hydrogen-bond donors (Lipinski definition) is 0. The highest BCUT2D eigenvalue weighted by Crippen LogP contribution is 2.20. The first-order chi connectivity index (χ1) is 8.61. The molecule has 2 rings (SSSR count). The number of halogens is 1. The SMILES string of the molecule is COc1cc(C(=O)N2CCC(=O)CC2)ccc1F. The van der Waals surface area contributed by atoms with E-state index >= 15 is 0 Å². The maximum absolute atomic E-state index is 13.2. The third-order valence-corrected chi connectivity index (χ3v) is 3.01. The highest BCUT2D eigenvalue weighted by molar-refractivity contribution is 5.95. The van der Waals surface area contributed by atoms with Gasteiger partial charge in [0.1, 0.15) is 5.78 Å². The third kappa shape index (κ3) is 2.50. The van der Waals surface area contributed by atoms with E-state index in [-0.39, 0.29) is 17.4 Å². The van der Waals surface area contributed by atoms with E-state index in [0.29, 0.717) is 31.5 Å². The van der Waals surface area contributed by atoms with E-state index in [1.165, 1.54) is 25.3 Å². The van der Waals surface area contributed by atoms with Crippen LogP contribution in [0.25, 0.3) is 0 Å². The average Bonchev–Trinajstić information content (AvgIpc) is 2.39. The summed E-state index contributed by atoms with van der Waals surface area (Å²) in [6.45, 7) is 0.856. The molecule has 1 amide bonds. The van der Waals surface area contributed by atoms with Crippen molar-refractivity contribution >= 4 is 11.7 Å². The van der Waals surface area contributed by atoms with Crippen LogP contribution in [0.3, 0.4) is 0 Å². The molecule has 1 fully saturated rings. The van der Waals surface area contributed by atoms with Crippen molar-refractivity contribution in [3.05, 3.63) is 29.6 Å². The van der Waals surface area contributed by atoms with Crippen molar-refractivity contribution in [2.75, 3.05) is 20.2 Å². The molecule has 96 valence electrons. The molecule has 5 heteroatoms. The number of ketones is 1. The largest absolute Gasteiger partial charge is 0.494 e. The second kappa shape index (κ2) is 5.16. The highest BCUT2D eigenvalue weighted by Gasteiger charge is 2.22. The Kier molecular flexibility index (Phi) is 3.60. The zero-order chi connectivity index (χ0) is 13.1. The number of benzene rings is 1. The summed E-state index contributed by atoms with van der Waals surface area (Å²) in [6.07, 6.45) is 0.786. The fraction of sp³-hybridized carbons (Fsp3) is 0.385. The summed E-state index contributed by atoms with van der Waals surface area (Å²) < 4.78 is 18.1. The Balaban J connectivity index is 2.16. The molecule has 1 aromatic carbocycles. The summed E-state index contributed by atoms with van der Waals surface area (Å²) in [5.41, 5.74) is 0.377. The summed E-state index contributed by atoms with van der Waals surface area (Å²) in [5.74, 6) is -0.464. The molecule has 18 heavy (non-hydrogen) atoms. The van der Waals surface area contributed by atoms with Gasteiger partial charge < -0.3 is 9.64 Å². The number of amides is 1. The fourth-order valence-electron chi connectivity index (χ4n) is 1.93. The third-order valence-electron chi connectivity index (χ3n) is 3.01. The summed E-state index contributed by atoms with van der Waals surface area (Å²) in [6, 6.07) is 4.02. The van der Waals surface area contributed by atoms with E-state index in [2.05, 4.69) is 0 Å². The fourth-order valence-corrected chi connectivity index (χ4v) is 1.93. The Bertz CT molecular complexity index is 477. The van der Waals surface area contributed by atoms with Gasteiger partial charge in [-0.15, -0.1) is 0 Å². The van der Waals surface area contributed by atoms with Gasteiger partial charge in [0.05, 0.1) is 7.11 Å². The van der Waals surface area contributed by atoms with Crippen LogP contribution in [-0.2, 0) is 4.79 Å². The van der Waals surface area contributed by atoms with Gasteiger partial charge in [0.15, 0.2) is 11.6 Å². The molecule has 0 bridgehead atoms. The van der Waals surface area contributed by atoms with Crippen molar-refractivity contribution in [2.24, 2.45) is 0 Å². The van der Waals surface area contributed by atoms with Crippen molar-refractivity contribution < 1.29 is 18.7 Å². The molecule has 0 saturated carbocycles. The number of hydrogen-bond acceptors (Lipinski definition) is 3. The molecule has 1 aromatic rings. The molecular formula is C13H14FNO3. The zero-order valence-electron chi connectivity index (χ0n) is 10.1. The van der Waals surface area contributed by atoms with Crippen LogP contribution in [0.15, 0.2) is 18.2 Å². The molecule has 1 aliphatic rings. The predicted octanol–water partition coefficient (Wildman–Crippen LogP) is 1.64. The first kappa shape index (κ1) is 12.5. The Morgan fingerprint density at radius 1 is 1.33 bits per heavy atom. The molecule has 1 heterocycles. The van der Waals surface area contributed by atoms with Crippen molar-refractivity contribution in [3.63, 3.8) is 0 Å². The van der Waals surface area contributed by atoms with Crippen LogP contribution in [0.5, 0.6) is 5.75 Å². The van der Waals surface area contributed by atoms with Gasteiger partial charge in [0, 0.05) is 31.5 Å². The number of rotatable bonds is 2. The number of Topliss-reactive ketones (excluding diaryl/α,β-unsaturated/α-hetero) is 1. The van der Waals surface area contributed by atoms with Crippen LogP contribution in [0.2, 0.25) is 0 Å². The maximum Gasteiger partial charge on any atom is 0.254 e. The predicted molar refractivity (Wildman–Crippen MR) is 63.1 cm³/mol. The topological polar surface area (TPSA) is 46.6 Å². The van der Waals surface area contributed by atoms with E-state index < -0.39 is 5.82 Å². The Morgan fingerprint density at radius 3 is 2.61 bits per heavy atom. The molecule has 0 N–H and O–H groups in total. The van der Waals surface area contributed by atoms with Gasteiger partial charge in [0.25, 0.3) is 5.91 Å². The molecular weight excluding hydrogens is 237 g/mol. The first-order valence-electron chi connectivity index (χ1n) is 5.76. The van der Waals surface area contributed by atoms with Crippen LogP contribution in [0, 0.1) is 5.82 Å². The minimum atomic E-state index is -0.497. The molecule has 0 atom stereocenters. The number of piperidine rings is 1. The second-order valence-corrected chi connectivity index (χ2v) is 4.18. The van der Waals surface area contributed by atoms with E-state index in [4.69, 9.17) is 4.74 Å². The molecule has 0 spiro atoms. The van der Waals surface area contributed by atoms with E-state index in [1.807, 2.05) is 0 Å². The number of nitrogens with zero attached hydrogens (tertiary/aromatic N) is 1. The number of ether oxygens (including phenoxy) is 1. The molecule has 4 nitrogen and oxygen atoms in total. The normalized spacial score (nSPS) is 15.7. The molecule has 0 unspecified atom stereocenters. The molecule has 0 aliphatic carbocycles. The summed E-state index contributed by atoms with van der Waals surface area (Å²) >= 11 is 0. The minimum absolute atomic E-state index is 0.0499. The monoisotopic (exact) mass is 251 g/mol. The lowest BCUT2D eigenvalue weighted by molar-refractivity contribution is -0.120. The van der Waals surface area contributed by atoms with Gasteiger partial charge in [-0.2, -0.15) is 0 Å². The van der Waals surface area contributed by atoms with Crippen LogP contribution >= 0.6 is 0 Å². The minimum Gasteiger partial charge on any atom is -0.494 e. The highest BCUT2D eigenvalue weighted by atomic mass is 19.1. The van der Waals surface area contributed by atoms with Gasteiger partial charge >= 0.3 is 0 Å². The number of carbonyl (C=O) groups is 2. The van der Waals surface area contributed by atoms with Crippen molar-refractivity contribution in [1.82, 2.24) is 4.90 Å². The lowest BCUT2D eigenvalue weighted by Gasteiger charge is -2.26. The van der Waals surface area contributed by atoms with Crippen LogP contribution in [0.1, 0.15) is 23.2 Å². The number of likely N-dealkylation sites (tertiary alicyclic amines) is 1. The summed E-state index contributed by atoms with van der Waals surface area (Å²) in [5, 5.41) is 0. The lowest BCUT2D eigenvalue weighted by atomic mass is 10.1. The van der Waals surface area contributed by atoms with Crippen molar-refractivity contribution in [3.8, 4) is 5.75 Å². The summed E-state index contributed by atoms with van der Waals surface area (Å²) in [7, 11) is 1.35. The van der Waals surface area contributed by atoms with E-state index in [1.54, 1.807) is 4.90 Å². The second-order valence-electron chi connectivity index (χ2n) is 4.18. The average molecular weight is 251 g/mol. The molecule has 0 radical (unpaired) electrons. The van der Waals surface area contributed by atoms with Gasteiger partial charge in [-0.3, -0.25) is 9.59 Å². The lowest BCUT2D eigenvalue weighted by Crippen LogP contribution is -2.38. The van der Waals surface area contributed by atoms with Crippen LogP contribution in [0.4, 0.5) is 4.39 Å². The standard InChI is InChI=1S/C13H14FNO3/c1-18-12-8-9(2-3-11(12)14)13(17)15-6-4-10(16)5-7-15/h2-3,8H,4-7H2,1H3. The zero-order valence-corrected chi connectivity index (χ0v) is 10.1. The van der Waals surface area contributed by atoms with Crippen molar-refractivity contribution in [2.45, 2.75) is 12.8 Å². The van der Waals surface area contributed by atoms with E-state index in [9.17, 15) is 14.0 Å². The first-order valence-corrected chi connectivity index (χ1v) is 5.76.